The molecule has 3 heterocycles. The van der Waals surface area contributed by atoms with Crippen molar-refractivity contribution in [3.63, 3.8) is 0 Å². The van der Waals surface area contributed by atoms with Gasteiger partial charge in [-0.1, -0.05) is 20.8 Å². The van der Waals surface area contributed by atoms with E-state index < -0.39 is 10.0 Å². The van der Waals surface area contributed by atoms with Crippen LogP contribution in [0.1, 0.15) is 55.3 Å². The minimum atomic E-state index is -3.26. The highest BCUT2D eigenvalue weighted by molar-refractivity contribution is 7.88. The van der Waals surface area contributed by atoms with Crippen LogP contribution < -0.4 is 5.56 Å². The van der Waals surface area contributed by atoms with E-state index in [4.69, 9.17) is 4.42 Å². The van der Waals surface area contributed by atoms with Gasteiger partial charge in [-0.15, -0.1) is 0 Å². The Morgan fingerprint density at radius 2 is 1.93 bits per heavy atom. The average molecular weight is 423 g/mol. The van der Waals surface area contributed by atoms with Crippen molar-refractivity contribution in [3.8, 4) is 0 Å². The van der Waals surface area contributed by atoms with Crippen LogP contribution in [-0.4, -0.2) is 53.5 Å². The van der Waals surface area contributed by atoms with Crippen LogP contribution in [0.5, 0.6) is 0 Å². The molecule has 160 valence electrons. The van der Waals surface area contributed by atoms with E-state index in [1.807, 2.05) is 26.0 Å². The number of H-pyrrole nitrogens is 1. The lowest BCUT2D eigenvalue weighted by Gasteiger charge is -2.18. The van der Waals surface area contributed by atoms with E-state index in [0.717, 1.165) is 42.4 Å². The number of nitrogens with one attached hydrogen (secondary N) is 1. The Hall–Kier alpha value is -1.97. The molecule has 0 saturated heterocycles. The average Bonchev–Trinajstić information content (AvgIpc) is 2.97. The Balaban J connectivity index is 1.66. The molecule has 0 aliphatic carbocycles. The molecule has 3 rings (SSSR count). The predicted octanol–water partition coefficient (Wildman–Crippen LogP) is 1.87. The quantitative estimate of drug-likeness (QED) is 0.731. The van der Waals surface area contributed by atoms with Crippen molar-refractivity contribution in [2.75, 3.05) is 25.9 Å². The summed E-state index contributed by atoms with van der Waals surface area (Å²) in [5.41, 5.74) is 1.65. The van der Waals surface area contributed by atoms with Gasteiger partial charge in [-0.3, -0.25) is 9.69 Å². The van der Waals surface area contributed by atoms with Gasteiger partial charge in [0.15, 0.2) is 0 Å². The fourth-order valence-corrected chi connectivity index (χ4v) is 4.39. The molecule has 0 atom stereocenters. The van der Waals surface area contributed by atoms with Crippen molar-refractivity contribution < 1.29 is 12.8 Å². The van der Waals surface area contributed by atoms with Crippen LogP contribution >= 0.6 is 0 Å². The number of sulfonamides is 1. The summed E-state index contributed by atoms with van der Waals surface area (Å²) in [5, 5.41) is 0. The summed E-state index contributed by atoms with van der Waals surface area (Å²) in [7, 11) is -3.26. The lowest BCUT2D eigenvalue weighted by atomic mass is 10.1. The maximum absolute atomic E-state index is 12.4. The van der Waals surface area contributed by atoms with Gasteiger partial charge in [0.25, 0.3) is 5.56 Å². The minimum absolute atomic E-state index is 0.0266. The molecule has 2 aromatic heterocycles. The topological polar surface area (TPSA) is 99.5 Å². The molecule has 0 aromatic carbocycles. The summed E-state index contributed by atoms with van der Waals surface area (Å²) in [6.45, 7) is 8.64. The third-order valence-corrected chi connectivity index (χ3v) is 6.59. The molecule has 0 fully saturated rings. The smallest absolute Gasteiger partial charge is 0.254 e. The largest absolute Gasteiger partial charge is 0.463 e. The van der Waals surface area contributed by atoms with E-state index in [-0.39, 0.29) is 18.0 Å². The second kappa shape index (κ2) is 8.81. The number of rotatable bonds is 7. The normalized spacial score (nSPS) is 15.7. The minimum Gasteiger partial charge on any atom is -0.463 e. The molecule has 0 bridgehead atoms. The van der Waals surface area contributed by atoms with Crippen LogP contribution in [0.25, 0.3) is 0 Å². The monoisotopic (exact) mass is 422 g/mol. The fraction of sp³-hybridized carbons (Fsp3) is 0.600. The molecule has 8 nitrogen and oxygen atoms in total. The molecule has 0 radical (unpaired) electrons. The summed E-state index contributed by atoms with van der Waals surface area (Å²) in [6.07, 6.45) is 2.58. The third-order valence-electron chi connectivity index (χ3n) is 5.26. The van der Waals surface area contributed by atoms with Gasteiger partial charge in [0, 0.05) is 37.5 Å². The first-order valence-electron chi connectivity index (χ1n) is 10.0. The summed E-state index contributed by atoms with van der Waals surface area (Å²) < 4.78 is 30.8. The maximum atomic E-state index is 12.4. The Labute approximate surface area is 172 Å². The SMILES string of the molecule is CCN(Cc1ccc(CN2CCc3nc(C(C)C)[nH]c(=O)c3CC2)o1)S(C)(=O)=O. The van der Waals surface area contributed by atoms with Gasteiger partial charge in [0.2, 0.25) is 10.0 Å². The lowest BCUT2D eigenvalue weighted by Crippen LogP contribution is -2.29. The zero-order valence-electron chi connectivity index (χ0n) is 17.6. The van der Waals surface area contributed by atoms with Crippen molar-refractivity contribution in [2.45, 2.75) is 52.6 Å². The van der Waals surface area contributed by atoms with Crippen LogP contribution in [0, 0.1) is 0 Å². The number of hydrogen-bond acceptors (Lipinski definition) is 6. The Kier molecular flexibility index (Phi) is 6.60. The van der Waals surface area contributed by atoms with Crippen molar-refractivity contribution in [1.82, 2.24) is 19.2 Å². The summed E-state index contributed by atoms with van der Waals surface area (Å²) in [6, 6.07) is 3.72. The first-order valence-corrected chi connectivity index (χ1v) is 11.9. The molecule has 0 spiro atoms. The first kappa shape index (κ1) is 21.7. The van der Waals surface area contributed by atoms with Gasteiger partial charge in [-0.25, -0.2) is 13.4 Å². The molecule has 0 unspecified atom stereocenters. The fourth-order valence-electron chi connectivity index (χ4n) is 3.56. The number of furan rings is 1. The highest BCUT2D eigenvalue weighted by Crippen LogP contribution is 2.18. The van der Waals surface area contributed by atoms with Crippen LogP contribution in [0.15, 0.2) is 21.3 Å². The van der Waals surface area contributed by atoms with Crippen molar-refractivity contribution in [1.29, 1.82) is 0 Å². The van der Waals surface area contributed by atoms with Crippen LogP contribution in [0.2, 0.25) is 0 Å². The molecule has 29 heavy (non-hydrogen) atoms. The van der Waals surface area contributed by atoms with Crippen LogP contribution in [0.3, 0.4) is 0 Å². The van der Waals surface area contributed by atoms with Gasteiger partial charge in [-0.2, -0.15) is 4.31 Å². The van der Waals surface area contributed by atoms with Crippen LogP contribution in [-0.2, 0) is 36.0 Å². The van der Waals surface area contributed by atoms with Crippen molar-refractivity contribution >= 4 is 10.0 Å². The molecule has 1 aliphatic heterocycles. The highest BCUT2D eigenvalue weighted by Gasteiger charge is 2.21. The van der Waals surface area contributed by atoms with E-state index in [1.165, 1.54) is 10.6 Å². The van der Waals surface area contributed by atoms with Crippen molar-refractivity contribution in [3.05, 3.63) is 51.1 Å². The third kappa shape index (κ3) is 5.34. The standard InChI is InChI=1S/C20H30N4O4S/c1-5-24(29(4,26)27)13-16-7-6-15(28-16)12-23-10-8-17-18(9-11-23)21-19(14(2)3)22-20(17)25/h6-7,14H,5,8-13H2,1-4H3,(H,21,22,25). The van der Waals surface area contributed by atoms with E-state index in [1.54, 1.807) is 6.92 Å². The molecule has 0 amide bonds. The Morgan fingerprint density at radius 3 is 2.59 bits per heavy atom. The molecule has 1 N–H and O–H groups in total. The molecular weight excluding hydrogens is 392 g/mol. The number of aromatic nitrogens is 2. The van der Waals surface area contributed by atoms with E-state index in [2.05, 4.69) is 14.9 Å². The van der Waals surface area contributed by atoms with Gasteiger partial charge in [-0.05, 0) is 18.6 Å². The number of aromatic amines is 1. The van der Waals surface area contributed by atoms with E-state index in [0.29, 0.717) is 25.3 Å². The highest BCUT2D eigenvalue weighted by atomic mass is 32.2. The zero-order valence-corrected chi connectivity index (χ0v) is 18.4. The molecular formula is C20H30N4O4S. The predicted molar refractivity (Wildman–Crippen MR) is 111 cm³/mol. The molecule has 1 aliphatic rings. The number of nitrogens with zero attached hydrogens (tertiary/aromatic N) is 3. The van der Waals surface area contributed by atoms with Gasteiger partial charge < -0.3 is 9.40 Å². The molecule has 9 heteroatoms. The maximum Gasteiger partial charge on any atom is 0.254 e. The molecule has 2 aromatic rings. The van der Waals surface area contributed by atoms with Gasteiger partial charge in [0.1, 0.15) is 17.3 Å². The summed E-state index contributed by atoms with van der Waals surface area (Å²) in [4.78, 5) is 22.3. The second-order valence-corrected chi connectivity index (χ2v) is 9.85. The van der Waals surface area contributed by atoms with Crippen molar-refractivity contribution in [2.24, 2.45) is 0 Å². The Morgan fingerprint density at radius 1 is 1.24 bits per heavy atom. The molecule has 0 saturated carbocycles. The summed E-state index contributed by atoms with van der Waals surface area (Å²) in [5.74, 6) is 2.35. The lowest BCUT2D eigenvalue weighted by molar-refractivity contribution is 0.248. The first-order chi connectivity index (χ1) is 13.7. The van der Waals surface area contributed by atoms with E-state index >= 15 is 0 Å². The zero-order chi connectivity index (χ0) is 21.2. The van der Waals surface area contributed by atoms with Gasteiger partial charge in [0.05, 0.1) is 25.0 Å². The van der Waals surface area contributed by atoms with E-state index in [9.17, 15) is 13.2 Å². The summed E-state index contributed by atoms with van der Waals surface area (Å²) >= 11 is 0. The van der Waals surface area contributed by atoms with Crippen LogP contribution in [0.4, 0.5) is 0 Å². The number of fused-ring (bicyclic) bond motifs is 1. The Bertz CT molecular complexity index is 1010. The number of hydrogen-bond donors (Lipinski definition) is 1. The second-order valence-electron chi connectivity index (χ2n) is 7.86. The van der Waals surface area contributed by atoms with Gasteiger partial charge >= 0.3 is 0 Å².